The van der Waals surface area contributed by atoms with Gasteiger partial charge in [0, 0.05) is 0 Å². The summed E-state index contributed by atoms with van der Waals surface area (Å²) in [6.45, 7) is 6.11. The molecule has 1 amide bonds. The number of nitrogens with zero attached hydrogens (tertiary/aromatic N) is 1. The van der Waals surface area contributed by atoms with Gasteiger partial charge in [0.25, 0.3) is 5.91 Å². The van der Waals surface area contributed by atoms with Gasteiger partial charge in [0.1, 0.15) is 5.75 Å². The standard InChI is InChI=1S/C19H23N3O2/c1-13-9-10-16(11-14(13)2)15(3)21-22-19(23)12-20-17-7-5-6-8-18(17)24-4/h5-11,20H,12H2,1-4H3,(H,22,23). The van der Waals surface area contributed by atoms with Gasteiger partial charge in [0.15, 0.2) is 0 Å². The van der Waals surface area contributed by atoms with Crippen LogP contribution in [0.15, 0.2) is 47.6 Å². The van der Waals surface area contributed by atoms with Crippen molar-refractivity contribution in [3.8, 4) is 5.75 Å². The van der Waals surface area contributed by atoms with Gasteiger partial charge in [-0.15, -0.1) is 0 Å². The van der Waals surface area contributed by atoms with Crippen LogP contribution < -0.4 is 15.5 Å². The zero-order valence-electron chi connectivity index (χ0n) is 14.5. The second-order valence-electron chi connectivity index (χ2n) is 5.59. The van der Waals surface area contributed by atoms with Crippen molar-refractivity contribution in [1.82, 2.24) is 5.43 Å². The van der Waals surface area contributed by atoms with Gasteiger partial charge in [-0.05, 0) is 55.7 Å². The zero-order valence-corrected chi connectivity index (χ0v) is 14.5. The number of methoxy groups -OCH3 is 1. The summed E-state index contributed by atoms with van der Waals surface area (Å²) in [5.41, 5.74) is 7.53. The lowest BCUT2D eigenvalue weighted by Crippen LogP contribution is -2.26. The van der Waals surface area contributed by atoms with E-state index in [4.69, 9.17) is 4.74 Å². The Bertz CT molecular complexity index is 754. The number of hydrogen-bond donors (Lipinski definition) is 2. The quantitative estimate of drug-likeness (QED) is 0.633. The molecule has 24 heavy (non-hydrogen) atoms. The Hall–Kier alpha value is -2.82. The average molecular weight is 325 g/mol. The molecule has 0 saturated heterocycles. The van der Waals surface area contributed by atoms with Crippen LogP contribution in [0.25, 0.3) is 0 Å². The van der Waals surface area contributed by atoms with E-state index in [2.05, 4.69) is 41.8 Å². The molecule has 2 N–H and O–H groups in total. The number of carbonyl (C=O) groups is 1. The maximum absolute atomic E-state index is 12.0. The second-order valence-corrected chi connectivity index (χ2v) is 5.59. The summed E-state index contributed by atoms with van der Waals surface area (Å²) in [4.78, 5) is 12.0. The number of ether oxygens (including phenoxy) is 1. The number of carbonyl (C=O) groups excluding carboxylic acids is 1. The van der Waals surface area contributed by atoms with Crippen molar-refractivity contribution >= 4 is 17.3 Å². The number of aryl methyl sites for hydroxylation is 2. The highest BCUT2D eigenvalue weighted by Gasteiger charge is 2.05. The average Bonchev–Trinajstić information content (AvgIpc) is 2.60. The van der Waals surface area contributed by atoms with Gasteiger partial charge in [-0.25, -0.2) is 5.43 Å². The monoisotopic (exact) mass is 325 g/mol. The van der Waals surface area contributed by atoms with E-state index in [1.807, 2.05) is 37.3 Å². The number of anilines is 1. The molecular formula is C19H23N3O2. The molecule has 126 valence electrons. The van der Waals surface area contributed by atoms with E-state index in [0.717, 1.165) is 17.0 Å². The summed E-state index contributed by atoms with van der Waals surface area (Å²) < 4.78 is 5.23. The van der Waals surface area contributed by atoms with Crippen LogP contribution in [0.3, 0.4) is 0 Å². The summed E-state index contributed by atoms with van der Waals surface area (Å²) in [5, 5.41) is 7.20. The molecule has 5 nitrogen and oxygen atoms in total. The van der Waals surface area contributed by atoms with Crippen LogP contribution in [0.2, 0.25) is 0 Å². The van der Waals surface area contributed by atoms with E-state index >= 15 is 0 Å². The van der Waals surface area contributed by atoms with Crippen LogP contribution in [0.4, 0.5) is 5.69 Å². The van der Waals surface area contributed by atoms with Gasteiger partial charge in [0.05, 0.1) is 25.1 Å². The number of amides is 1. The SMILES string of the molecule is COc1ccccc1NCC(=O)NN=C(C)c1ccc(C)c(C)c1. The summed E-state index contributed by atoms with van der Waals surface area (Å²) in [7, 11) is 1.60. The Morgan fingerprint density at radius 1 is 1.12 bits per heavy atom. The highest BCUT2D eigenvalue weighted by atomic mass is 16.5. The molecule has 0 unspecified atom stereocenters. The first-order valence-corrected chi connectivity index (χ1v) is 7.79. The zero-order chi connectivity index (χ0) is 17.5. The molecule has 0 bridgehead atoms. The maximum Gasteiger partial charge on any atom is 0.259 e. The Kier molecular flexibility index (Phi) is 5.95. The first-order chi connectivity index (χ1) is 11.5. The van der Waals surface area contributed by atoms with Crippen molar-refractivity contribution < 1.29 is 9.53 Å². The van der Waals surface area contributed by atoms with Crippen molar-refractivity contribution in [3.63, 3.8) is 0 Å². The van der Waals surface area contributed by atoms with Crippen molar-refractivity contribution in [2.24, 2.45) is 5.10 Å². The number of hydrogen-bond acceptors (Lipinski definition) is 4. The lowest BCUT2D eigenvalue weighted by Gasteiger charge is -2.10. The molecule has 0 aliphatic carbocycles. The normalized spacial score (nSPS) is 11.1. The first-order valence-electron chi connectivity index (χ1n) is 7.79. The fourth-order valence-electron chi connectivity index (χ4n) is 2.18. The molecule has 0 radical (unpaired) electrons. The molecule has 0 aromatic heterocycles. The van der Waals surface area contributed by atoms with Crippen LogP contribution in [-0.2, 0) is 4.79 Å². The highest BCUT2D eigenvalue weighted by Crippen LogP contribution is 2.22. The van der Waals surface area contributed by atoms with E-state index in [1.54, 1.807) is 7.11 Å². The smallest absolute Gasteiger partial charge is 0.259 e. The number of para-hydroxylation sites is 2. The van der Waals surface area contributed by atoms with Crippen LogP contribution >= 0.6 is 0 Å². The van der Waals surface area contributed by atoms with Crippen molar-refractivity contribution in [2.75, 3.05) is 19.0 Å². The van der Waals surface area contributed by atoms with Gasteiger partial charge in [-0.1, -0.05) is 24.3 Å². The topological polar surface area (TPSA) is 62.7 Å². The second kappa shape index (κ2) is 8.15. The van der Waals surface area contributed by atoms with E-state index in [9.17, 15) is 4.79 Å². The third-order valence-corrected chi connectivity index (χ3v) is 3.82. The lowest BCUT2D eigenvalue weighted by molar-refractivity contribution is -0.119. The van der Waals surface area contributed by atoms with Crippen LogP contribution in [0.1, 0.15) is 23.6 Å². The van der Waals surface area contributed by atoms with Crippen molar-refractivity contribution in [3.05, 3.63) is 59.2 Å². The number of rotatable bonds is 6. The minimum Gasteiger partial charge on any atom is -0.495 e. The summed E-state index contributed by atoms with van der Waals surface area (Å²) in [5.74, 6) is 0.476. The van der Waals surface area contributed by atoms with E-state index in [0.29, 0.717) is 5.75 Å². The third-order valence-electron chi connectivity index (χ3n) is 3.82. The Labute approximate surface area is 142 Å². The Morgan fingerprint density at radius 3 is 2.58 bits per heavy atom. The molecule has 0 aliphatic heterocycles. The van der Waals surface area contributed by atoms with E-state index in [1.165, 1.54) is 11.1 Å². The fraction of sp³-hybridized carbons (Fsp3) is 0.263. The van der Waals surface area contributed by atoms with Crippen molar-refractivity contribution in [2.45, 2.75) is 20.8 Å². The molecular weight excluding hydrogens is 302 g/mol. The third kappa shape index (κ3) is 4.59. The van der Waals surface area contributed by atoms with Gasteiger partial charge < -0.3 is 10.1 Å². The molecule has 0 fully saturated rings. The first kappa shape index (κ1) is 17.5. The number of nitrogens with one attached hydrogen (secondary N) is 2. The summed E-state index contributed by atoms with van der Waals surface area (Å²) in [6.07, 6.45) is 0. The molecule has 0 heterocycles. The summed E-state index contributed by atoms with van der Waals surface area (Å²) in [6, 6.07) is 13.6. The molecule has 5 heteroatoms. The minimum atomic E-state index is -0.218. The Balaban J connectivity index is 1.93. The fourth-order valence-corrected chi connectivity index (χ4v) is 2.18. The molecule has 0 spiro atoms. The van der Waals surface area contributed by atoms with Crippen LogP contribution in [0.5, 0.6) is 5.75 Å². The van der Waals surface area contributed by atoms with Gasteiger partial charge in [-0.3, -0.25) is 4.79 Å². The van der Waals surface area contributed by atoms with E-state index < -0.39 is 0 Å². The Morgan fingerprint density at radius 2 is 1.88 bits per heavy atom. The maximum atomic E-state index is 12.0. The molecule has 0 aliphatic rings. The molecule has 2 rings (SSSR count). The molecule has 2 aromatic rings. The number of hydrazone groups is 1. The minimum absolute atomic E-state index is 0.115. The van der Waals surface area contributed by atoms with Gasteiger partial charge in [0.2, 0.25) is 0 Å². The largest absolute Gasteiger partial charge is 0.495 e. The van der Waals surface area contributed by atoms with Gasteiger partial charge >= 0.3 is 0 Å². The summed E-state index contributed by atoms with van der Waals surface area (Å²) >= 11 is 0. The predicted octanol–water partition coefficient (Wildman–Crippen LogP) is 3.26. The van der Waals surface area contributed by atoms with Crippen LogP contribution in [-0.4, -0.2) is 25.3 Å². The molecule has 2 aromatic carbocycles. The molecule has 0 saturated carbocycles. The van der Waals surface area contributed by atoms with Gasteiger partial charge in [-0.2, -0.15) is 5.10 Å². The van der Waals surface area contributed by atoms with Crippen LogP contribution in [0, 0.1) is 13.8 Å². The van der Waals surface area contributed by atoms with E-state index in [-0.39, 0.29) is 12.5 Å². The highest BCUT2D eigenvalue weighted by molar-refractivity contribution is 5.99. The number of benzene rings is 2. The lowest BCUT2D eigenvalue weighted by atomic mass is 10.0. The predicted molar refractivity (Wildman–Crippen MR) is 97.8 cm³/mol. The van der Waals surface area contributed by atoms with Crippen molar-refractivity contribution in [1.29, 1.82) is 0 Å². The molecule has 0 atom stereocenters.